The predicted octanol–water partition coefficient (Wildman–Crippen LogP) is -0.977. The molecule has 0 saturated carbocycles. The number of rotatable bonds is 0. The highest BCUT2D eigenvalue weighted by Crippen LogP contribution is 2.09. The lowest BCUT2D eigenvalue weighted by molar-refractivity contribution is 4.23. The molecule has 0 bridgehead atoms. The van der Waals surface area contributed by atoms with Crippen molar-refractivity contribution in [1.29, 1.82) is 0 Å². The summed E-state index contributed by atoms with van der Waals surface area (Å²) in [5.74, 6) is 0. The van der Waals surface area contributed by atoms with E-state index in [2.05, 4.69) is 43.6 Å². The van der Waals surface area contributed by atoms with Crippen LogP contribution in [0.4, 0.5) is 0 Å². The molecule has 0 unspecified atom stereocenters. The van der Waals surface area contributed by atoms with Crippen molar-refractivity contribution in [1.82, 2.24) is 0 Å². The van der Waals surface area contributed by atoms with E-state index in [9.17, 15) is 0 Å². The maximum atomic E-state index is 2.63. The summed E-state index contributed by atoms with van der Waals surface area (Å²) >= 11 is 5.25. The Bertz CT molecular complexity index is 20.4. The molecule has 0 fully saturated rings. The Morgan fingerprint density at radius 2 is 1.20 bits per heavy atom. The summed E-state index contributed by atoms with van der Waals surface area (Å²) in [6.07, 6.45) is 0. The van der Waals surface area contributed by atoms with Crippen molar-refractivity contribution in [3.8, 4) is 0 Å². The summed E-state index contributed by atoms with van der Waals surface area (Å²) in [4.78, 5) is 0. The van der Waals surface area contributed by atoms with Gasteiger partial charge < -0.3 is 0 Å². The van der Waals surface area contributed by atoms with Crippen LogP contribution in [0.5, 0.6) is 0 Å². The van der Waals surface area contributed by atoms with Gasteiger partial charge in [0.2, 0.25) is 0 Å². The van der Waals surface area contributed by atoms with Crippen LogP contribution in [-0.2, 0) is 0 Å². The molecule has 0 N–H and O–H groups in total. The third-order valence-electron chi connectivity index (χ3n) is 0. The molecule has 5 heteroatoms. The molecule has 0 spiro atoms. The molecule has 0 aliphatic rings. The van der Waals surface area contributed by atoms with Gasteiger partial charge in [0.1, 0.15) is 0 Å². The highest BCUT2D eigenvalue weighted by atomic mass is 127. The van der Waals surface area contributed by atoms with E-state index in [-0.39, 0.29) is 0 Å². The summed E-state index contributed by atoms with van der Waals surface area (Å²) < 4.78 is -0.393. The highest BCUT2D eigenvalue weighted by Gasteiger charge is 2.06. The van der Waals surface area contributed by atoms with Crippen molar-refractivity contribution in [2.75, 3.05) is 0 Å². The van der Waals surface area contributed by atoms with Crippen LogP contribution in [0.15, 0.2) is 0 Å². The van der Waals surface area contributed by atoms with E-state index in [0.29, 0.717) is 0 Å². The summed E-state index contributed by atoms with van der Waals surface area (Å²) in [5.41, 5.74) is 0. The predicted molar refractivity (Wildman–Crippen MR) is 53.7 cm³/mol. The molecular formula is H6I2Si3. The first-order chi connectivity index (χ1) is 2.00. The third-order valence-corrected chi connectivity index (χ3v) is 0. The van der Waals surface area contributed by atoms with Crippen molar-refractivity contribution in [2.24, 2.45) is 0 Å². The summed E-state index contributed by atoms with van der Waals surface area (Å²) in [7, 11) is 2.96. The minimum absolute atomic E-state index is 0.393. The number of halogens is 2. The second-order valence-electron chi connectivity index (χ2n) is 1.33. The van der Waals surface area contributed by atoms with Gasteiger partial charge in [-0.1, -0.05) is 0 Å². The fourth-order valence-electron chi connectivity index (χ4n) is 0. The Morgan fingerprint density at radius 3 is 1.20 bits per heavy atom. The van der Waals surface area contributed by atoms with Gasteiger partial charge in [0.15, 0.2) is 2.10 Å². The Hall–Kier alpha value is 2.11. The van der Waals surface area contributed by atoms with Crippen LogP contribution in [0, 0.1) is 0 Å². The topological polar surface area (TPSA) is 0 Å². The number of hydrogen-bond donors (Lipinski definition) is 0. The Morgan fingerprint density at radius 1 is 1.20 bits per heavy atom. The molecule has 0 aliphatic carbocycles. The lowest BCUT2D eigenvalue weighted by atomic mass is 26.7. The number of hydrogen-bond acceptors (Lipinski definition) is 0. The minimum Gasteiger partial charge on any atom is -0.114 e. The fourth-order valence-corrected chi connectivity index (χ4v) is 0. The first-order valence-corrected chi connectivity index (χ1v) is 16.6. The van der Waals surface area contributed by atoms with Crippen LogP contribution in [0.25, 0.3) is 0 Å². The molecule has 0 aromatic heterocycles. The van der Waals surface area contributed by atoms with Gasteiger partial charge in [-0.05, 0) is 0 Å². The van der Waals surface area contributed by atoms with Crippen LogP contribution >= 0.6 is 43.6 Å². The van der Waals surface area contributed by atoms with Gasteiger partial charge in [-0.25, -0.2) is 0 Å². The monoisotopic (exact) mass is 344 g/mol. The Kier molecular flexibility index (Phi) is 3.45. The van der Waals surface area contributed by atoms with Crippen molar-refractivity contribution >= 4 is 65.2 Å². The van der Waals surface area contributed by atoms with Gasteiger partial charge in [0, 0.05) is 19.5 Å². The Balaban J connectivity index is 3.02. The molecule has 5 heavy (non-hydrogen) atoms. The van der Waals surface area contributed by atoms with Gasteiger partial charge in [-0.3, -0.25) is 0 Å². The van der Waals surface area contributed by atoms with Crippen LogP contribution in [0.3, 0.4) is 0 Å². The van der Waals surface area contributed by atoms with Gasteiger partial charge in [-0.15, -0.1) is 43.6 Å². The van der Waals surface area contributed by atoms with Crippen molar-refractivity contribution in [2.45, 2.75) is 0 Å². The molecule has 0 nitrogen and oxygen atoms in total. The molecule has 0 amide bonds. The zero-order chi connectivity index (χ0) is 4.50. The molecule has 0 aliphatic heterocycles. The molecule has 0 aromatic carbocycles. The van der Waals surface area contributed by atoms with Crippen molar-refractivity contribution in [3.05, 3.63) is 0 Å². The van der Waals surface area contributed by atoms with E-state index >= 15 is 0 Å². The van der Waals surface area contributed by atoms with E-state index in [1.807, 2.05) is 0 Å². The lowest BCUT2D eigenvalue weighted by Gasteiger charge is -1.95. The molecule has 32 valence electrons. The zero-order valence-electron chi connectivity index (χ0n) is 3.26. The standard InChI is InChI=1S/H6I2Si3/c1-5(2,3)4/h3-4H3. The van der Waals surface area contributed by atoms with E-state index in [0.717, 1.165) is 0 Å². The summed E-state index contributed by atoms with van der Waals surface area (Å²) in [6, 6.07) is 0. The molecule has 0 radical (unpaired) electrons. The largest absolute Gasteiger partial charge is 0.152 e. The fraction of sp³-hybridized carbons (Fsp3) is 0. The highest BCUT2D eigenvalue weighted by molar-refractivity contribution is 14.3. The second-order valence-corrected chi connectivity index (χ2v) is 68.8. The van der Waals surface area contributed by atoms with Crippen LogP contribution < -0.4 is 0 Å². The maximum Gasteiger partial charge on any atom is 0.152 e. The Labute approximate surface area is 64.3 Å². The first-order valence-electron chi connectivity index (χ1n) is 1.38. The minimum atomic E-state index is -0.393. The van der Waals surface area contributed by atoms with Crippen molar-refractivity contribution < 1.29 is 0 Å². The molecule has 0 heterocycles. The van der Waals surface area contributed by atoms with Gasteiger partial charge in [-0.2, -0.15) is 0 Å². The molecule has 0 rings (SSSR count). The third kappa shape index (κ3) is 23.2. The van der Waals surface area contributed by atoms with Gasteiger partial charge in [0.25, 0.3) is 0 Å². The average Bonchev–Trinajstić information content (AvgIpc) is 0.722. The molecular weight excluding hydrogens is 338 g/mol. The van der Waals surface area contributed by atoms with Crippen LogP contribution in [0.2, 0.25) is 0 Å². The quantitative estimate of drug-likeness (QED) is 0.301. The molecule has 0 saturated heterocycles. The van der Waals surface area contributed by atoms with Gasteiger partial charge in [0.05, 0.1) is 0 Å². The summed E-state index contributed by atoms with van der Waals surface area (Å²) in [5, 5.41) is 0. The van der Waals surface area contributed by atoms with Crippen molar-refractivity contribution in [3.63, 3.8) is 0 Å². The van der Waals surface area contributed by atoms with Crippen LogP contribution in [0.1, 0.15) is 0 Å². The van der Waals surface area contributed by atoms with E-state index in [4.69, 9.17) is 0 Å². The van der Waals surface area contributed by atoms with Crippen LogP contribution in [-0.4, -0.2) is 21.6 Å². The zero-order valence-corrected chi connectivity index (χ0v) is 12.6. The second kappa shape index (κ2) is 2.43. The first kappa shape index (κ1) is 7.11. The maximum absolute atomic E-state index is 2.63. The van der Waals surface area contributed by atoms with Gasteiger partial charge >= 0.3 is 0 Å². The average molecular weight is 344 g/mol. The SMILES string of the molecule is [SiH3][Si]([SiH3])(I)I. The van der Waals surface area contributed by atoms with E-state index in [1.165, 1.54) is 19.5 Å². The molecule has 0 atom stereocenters. The molecule has 0 aromatic rings. The van der Waals surface area contributed by atoms with E-state index < -0.39 is 2.10 Å². The normalized spacial score (nSPS) is 13.2. The summed E-state index contributed by atoms with van der Waals surface area (Å²) in [6.45, 7) is 0. The lowest BCUT2D eigenvalue weighted by Crippen LogP contribution is -2.16. The smallest absolute Gasteiger partial charge is 0.114 e. The van der Waals surface area contributed by atoms with E-state index in [1.54, 1.807) is 0 Å².